The third kappa shape index (κ3) is 3.97. The summed E-state index contributed by atoms with van der Waals surface area (Å²) in [5, 5.41) is 0.456. The number of rotatable bonds is 3. The maximum absolute atomic E-state index is 13.8. The highest BCUT2D eigenvalue weighted by atomic mass is 35.5. The molecule has 1 heterocycles. The smallest absolute Gasteiger partial charge is 0.414 e. The van der Waals surface area contributed by atoms with E-state index in [1.807, 2.05) is 7.05 Å². The molecule has 0 bridgehead atoms. The average Bonchev–Trinajstić information content (AvgIpc) is 3.01. The molecule has 0 saturated carbocycles. The number of carbonyl (C=O) groups excluding carboxylic acids is 1. The zero-order chi connectivity index (χ0) is 18.8. The number of ether oxygens (including phenoxy) is 1. The number of halogens is 3. The fraction of sp³-hybridized carbons (Fsp3) is 0.316. The zero-order valence-corrected chi connectivity index (χ0v) is 15.3. The fourth-order valence-corrected chi connectivity index (χ4v) is 3.20. The summed E-state index contributed by atoms with van der Waals surface area (Å²) in [6.45, 7) is 1.50. The number of benzene rings is 2. The maximum Gasteiger partial charge on any atom is 0.414 e. The van der Waals surface area contributed by atoms with E-state index in [2.05, 4.69) is 4.90 Å². The van der Waals surface area contributed by atoms with Crippen LogP contribution in [0.15, 0.2) is 36.4 Å². The normalized spacial score (nSPS) is 17.3. The molecule has 0 aliphatic carbocycles. The average molecular weight is 381 g/mol. The Labute approximate surface area is 155 Å². The summed E-state index contributed by atoms with van der Waals surface area (Å²) < 4.78 is 33.2. The van der Waals surface area contributed by atoms with Crippen molar-refractivity contribution in [3.8, 4) is 11.1 Å². The Bertz CT molecular complexity index is 831. The van der Waals surface area contributed by atoms with Gasteiger partial charge in [0.25, 0.3) is 0 Å². The van der Waals surface area contributed by atoms with Crippen LogP contribution in [0.2, 0.25) is 5.02 Å². The van der Waals surface area contributed by atoms with Crippen LogP contribution < -0.4 is 4.90 Å². The van der Waals surface area contributed by atoms with Gasteiger partial charge in [-0.1, -0.05) is 23.7 Å². The molecular weight excluding hydrogens is 362 g/mol. The minimum atomic E-state index is -1.04. The first-order valence-electron chi connectivity index (χ1n) is 8.23. The third-order valence-corrected chi connectivity index (χ3v) is 4.66. The largest absolute Gasteiger partial charge is 0.444 e. The Kier molecular flexibility index (Phi) is 5.44. The van der Waals surface area contributed by atoms with Crippen molar-refractivity contribution in [1.29, 1.82) is 0 Å². The van der Waals surface area contributed by atoms with Crippen LogP contribution in [0.1, 0.15) is 6.42 Å². The molecule has 26 heavy (non-hydrogen) atoms. The van der Waals surface area contributed by atoms with Crippen molar-refractivity contribution < 1.29 is 18.3 Å². The van der Waals surface area contributed by atoms with Gasteiger partial charge < -0.3 is 9.64 Å². The van der Waals surface area contributed by atoms with Gasteiger partial charge in [-0.3, -0.25) is 4.90 Å². The Morgan fingerprint density at radius 3 is 2.65 bits per heavy atom. The van der Waals surface area contributed by atoms with Crippen LogP contribution in [0.25, 0.3) is 11.1 Å². The van der Waals surface area contributed by atoms with Gasteiger partial charge in [0.15, 0.2) is 11.6 Å². The molecule has 0 radical (unpaired) electrons. The predicted molar refractivity (Wildman–Crippen MR) is 97.6 cm³/mol. The Hall–Kier alpha value is -2.18. The van der Waals surface area contributed by atoms with E-state index >= 15 is 0 Å². The van der Waals surface area contributed by atoms with Gasteiger partial charge in [0.1, 0.15) is 6.10 Å². The third-order valence-electron chi connectivity index (χ3n) is 4.43. The minimum absolute atomic E-state index is 0.211. The van der Waals surface area contributed by atoms with Crippen LogP contribution in [-0.4, -0.2) is 44.3 Å². The van der Waals surface area contributed by atoms with Crippen LogP contribution in [0, 0.1) is 11.6 Å². The van der Waals surface area contributed by atoms with E-state index in [1.54, 1.807) is 24.3 Å². The van der Waals surface area contributed by atoms with E-state index in [-0.39, 0.29) is 11.8 Å². The second-order valence-electron chi connectivity index (χ2n) is 6.41. The number of likely N-dealkylation sites (N-methyl/N-ethyl adjacent to an activating group) is 1. The highest BCUT2D eigenvalue weighted by Crippen LogP contribution is 2.34. The molecule has 0 N–H and O–H groups in total. The second-order valence-corrected chi connectivity index (χ2v) is 6.85. The van der Waals surface area contributed by atoms with Crippen LogP contribution in [0.4, 0.5) is 19.3 Å². The summed E-state index contributed by atoms with van der Waals surface area (Å²) in [5.41, 5.74) is 1.14. The van der Waals surface area contributed by atoms with Gasteiger partial charge in [-0.15, -0.1) is 0 Å². The fourth-order valence-electron chi connectivity index (χ4n) is 3.01. The minimum Gasteiger partial charge on any atom is -0.444 e. The number of amides is 1. The molecule has 1 amide bonds. The molecule has 0 spiro atoms. The van der Waals surface area contributed by atoms with Crippen molar-refractivity contribution in [2.24, 2.45) is 0 Å². The van der Waals surface area contributed by atoms with Crippen molar-refractivity contribution in [3.63, 3.8) is 0 Å². The van der Waals surface area contributed by atoms with Gasteiger partial charge in [-0.2, -0.15) is 0 Å². The van der Waals surface area contributed by atoms with Gasteiger partial charge in [0.05, 0.1) is 5.69 Å². The Morgan fingerprint density at radius 2 is 2.00 bits per heavy atom. The van der Waals surface area contributed by atoms with Crippen molar-refractivity contribution in [2.75, 3.05) is 32.1 Å². The highest BCUT2D eigenvalue weighted by Gasteiger charge is 2.26. The molecule has 2 aromatic carbocycles. The number of carbonyl (C=O) groups is 1. The molecule has 0 unspecified atom stereocenters. The SMILES string of the molecule is CN1CC[C@@H](OC(=O)N(C)c2cc(F)c(F)cc2-c2cccc(Cl)c2)C1. The summed E-state index contributed by atoms with van der Waals surface area (Å²) in [6.07, 6.45) is -0.0795. The maximum atomic E-state index is 13.8. The second kappa shape index (κ2) is 7.60. The molecule has 1 aliphatic rings. The predicted octanol–water partition coefficient (Wildman–Crippen LogP) is 4.56. The van der Waals surface area contributed by atoms with Gasteiger partial charge in [-0.25, -0.2) is 13.6 Å². The van der Waals surface area contributed by atoms with E-state index in [0.717, 1.165) is 25.1 Å². The lowest BCUT2D eigenvalue weighted by atomic mass is 10.0. The van der Waals surface area contributed by atoms with E-state index in [1.165, 1.54) is 11.9 Å². The molecule has 1 saturated heterocycles. The molecule has 0 aromatic heterocycles. The number of likely N-dealkylation sites (tertiary alicyclic amines) is 1. The first-order chi connectivity index (χ1) is 12.3. The monoisotopic (exact) mass is 380 g/mol. The van der Waals surface area contributed by atoms with Crippen LogP contribution in [-0.2, 0) is 4.74 Å². The first kappa shape index (κ1) is 18.6. The van der Waals surface area contributed by atoms with Gasteiger partial charge in [0, 0.05) is 36.8 Å². The molecule has 4 nitrogen and oxygen atoms in total. The Morgan fingerprint density at radius 1 is 1.27 bits per heavy atom. The molecule has 1 atom stereocenters. The number of hydrogen-bond acceptors (Lipinski definition) is 3. The molecular formula is C19H19ClF2N2O2. The summed E-state index contributed by atoms with van der Waals surface area (Å²) >= 11 is 6.01. The standard InChI is InChI=1S/C19H19ClF2N2O2/c1-23-7-6-14(11-23)26-19(25)24(2)18-10-17(22)16(21)9-15(18)12-4-3-5-13(20)8-12/h3-5,8-10,14H,6-7,11H2,1-2H3/t14-/m1/s1. The van der Waals surface area contributed by atoms with Crippen molar-refractivity contribution in [2.45, 2.75) is 12.5 Å². The van der Waals surface area contributed by atoms with Gasteiger partial charge in [-0.05, 0) is 37.2 Å². The van der Waals surface area contributed by atoms with E-state index in [0.29, 0.717) is 22.7 Å². The van der Waals surface area contributed by atoms with Crippen molar-refractivity contribution >= 4 is 23.4 Å². The van der Waals surface area contributed by atoms with Crippen LogP contribution >= 0.6 is 11.6 Å². The van der Waals surface area contributed by atoms with E-state index in [4.69, 9.17) is 16.3 Å². The van der Waals surface area contributed by atoms with E-state index < -0.39 is 17.7 Å². The van der Waals surface area contributed by atoms with Crippen LogP contribution in [0.3, 0.4) is 0 Å². The zero-order valence-electron chi connectivity index (χ0n) is 14.5. The number of hydrogen-bond donors (Lipinski definition) is 0. The van der Waals surface area contributed by atoms with E-state index in [9.17, 15) is 13.6 Å². The summed E-state index contributed by atoms with van der Waals surface area (Å²) in [7, 11) is 3.42. The lowest BCUT2D eigenvalue weighted by Gasteiger charge is -2.23. The molecule has 2 aromatic rings. The first-order valence-corrected chi connectivity index (χ1v) is 8.61. The lowest BCUT2D eigenvalue weighted by molar-refractivity contribution is 0.110. The number of nitrogens with zero attached hydrogens (tertiary/aromatic N) is 2. The topological polar surface area (TPSA) is 32.8 Å². The quantitative estimate of drug-likeness (QED) is 0.782. The molecule has 1 fully saturated rings. The van der Waals surface area contributed by atoms with Crippen molar-refractivity contribution in [1.82, 2.24) is 4.90 Å². The number of anilines is 1. The lowest BCUT2D eigenvalue weighted by Crippen LogP contribution is -2.32. The Balaban J connectivity index is 1.92. The van der Waals surface area contributed by atoms with Crippen LogP contribution in [0.5, 0.6) is 0 Å². The molecule has 1 aliphatic heterocycles. The highest BCUT2D eigenvalue weighted by molar-refractivity contribution is 6.30. The molecule has 3 rings (SSSR count). The summed E-state index contributed by atoms with van der Waals surface area (Å²) in [5.74, 6) is -2.03. The molecule has 138 valence electrons. The van der Waals surface area contributed by atoms with Crippen molar-refractivity contribution in [3.05, 3.63) is 53.1 Å². The summed E-state index contributed by atoms with van der Waals surface area (Å²) in [6, 6.07) is 8.78. The summed E-state index contributed by atoms with van der Waals surface area (Å²) in [4.78, 5) is 15.7. The van der Waals surface area contributed by atoms with Gasteiger partial charge in [0.2, 0.25) is 0 Å². The van der Waals surface area contributed by atoms with Gasteiger partial charge >= 0.3 is 6.09 Å². The molecule has 7 heteroatoms.